The highest BCUT2D eigenvalue weighted by Crippen LogP contribution is 2.11. The summed E-state index contributed by atoms with van der Waals surface area (Å²) in [5, 5.41) is 15.6. The van der Waals surface area contributed by atoms with Crippen LogP contribution in [0.15, 0.2) is 36.4 Å². The quantitative estimate of drug-likeness (QED) is 0.645. The first-order chi connectivity index (χ1) is 9.76. The predicted molar refractivity (Wildman–Crippen MR) is 82.5 cm³/mol. The molecule has 0 saturated heterocycles. The molecule has 2 N–H and O–H groups in total. The van der Waals surface area contributed by atoms with Crippen LogP contribution in [0.2, 0.25) is 5.02 Å². The lowest BCUT2D eigenvalue weighted by atomic mass is 10.2. The summed E-state index contributed by atoms with van der Waals surface area (Å²) in [6.45, 7) is 11.1. The standard InChI is InChI=1S/C13H18ClN.C2H2O4/c1-4-15(9-11(2)3)10-12-5-7-13(14)8-6-12;3-1(4)2(5)6/h5-8H,2,4,9-10H2,1,3H3;(H,3,4)(H,5,6). The molecule has 6 heteroatoms. The van der Waals surface area contributed by atoms with Gasteiger partial charge >= 0.3 is 11.9 Å². The molecule has 1 rings (SSSR count). The molecule has 116 valence electrons. The van der Waals surface area contributed by atoms with Crippen molar-refractivity contribution < 1.29 is 19.8 Å². The first-order valence-corrected chi connectivity index (χ1v) is 6.71. The number of carboxylic acids is 2. The van der Waals surface area contributed by atoms with Gasteiger partial charge in [0, 0.05) is 18.1 Å². The maximum Gasteiger partial charge on any atom is 0.414 e. The maximum absolute atomic E-state index is 9.10. The fraction of sp³-hybridized carbons (Fsp3) is 0.333. The molecule has 0 aliphatic carbocycles. The van der Waals surface area contributed by atoms with E-state index in [9.17, 15) is 0 Å². The molecule has 0 aliphatic rings. The smallest absolute Gasteiger partial charge is 0.414 e. The van der Waals surface area contributed by atoms with Gasteiger partial charge in [-0.3, -0.25) is 4.90 Å². The molecule has 0 radical (unpaired) electrons. The van der Waals surface area contributed by atoms with Gasteiger partial charge in [0.25, 0.3) is 0 Å². The van der Waals surface area contributed by atoms with Crippen molar-refractivity contribution in [2.75, 3.05) is 13.1 Å². The largest absolute Gasteiger partial charge is 0.473 e. The molecule has 0 aromatic heterocycles. The Bertz CT molecular complexity index is 473. The van der Waals surface area contributed by atoms with Crippen LogP contribution in [0.3, 0.4) is 0 Å². The Morgan fingerprint density at radius 1 is 1.19 bits per heavy atom. The molecule has 0 fully saturated rings. The number of hydrogen-bond donors (Lipinski definition) is 2. The van der Waals surface area contributed by atoms with E-state index >= 15 is 0 Å². The van der Waals surface area contributed by atoms with Crippen molar-refractivity contribution in [1.82, 2.24) is 4.90 Å². The van der Waals surface area contributed by atoms with Crippen LogP contribution < -0.4 is 0 Å². The zero-order valence-electron chi connectivity index (χ0n) is 12.2. The fourth-order valence-corrected chi connectivity index (χ4v) is 1.64. The van der Waals surface area contributed by atoms with Crippen LogP contribution in [0, 0.1) is 0 Å². The van der Waals surface area contributed by atoms with Crippen molar-refractivity contribution in [2.24, 2.45) is 0 Å². The molecule has 1 aromatic rings. The number of carboxylic acid groups (broad SMARTS) is 2. The van der Waals surface area contributed by atoms with E-state index < -0.39 is 11.9 Å². The highest BCUT2D eigenvalue weighted by Gasteiger charge is 2.04. The average Bonchev–Trinajstić information content (AvgIpc) is 2.40. The van der Waals surface area contributed by atoms with Gasteiger partial charge in [0.15, 0.2) is 0 Å². The Hall–Kier alpha value is -1.85. The van der Waals surface area contributed by atoms with Crippen LogP contribution >= 0.6 is 11.6 Å². The van der Waals surface area contributed by atoms with Gasteiger partial charge < -0.3 is 10.2 Å². The second-order valence-corrected chi connectivity index (χ2v) is 4.93. The number of aliphatic carboxylic acids is 2. The summed E-state index contributed by atoms with van der Waals surface area (Å²) in [7, 11) is 0. The molecule has 0 aliphatic heterocycles. The number of likely N-dealkylation sites (N-methyl/N-ethyl adjacent to an activating group) is 1. The van der Waals surface area contributed by atoms with E-state index in [1.54, 1.807) is 0 Å². The number of hydrogen-bond acceptors (Lipinski definition) is 3. The van der Waals surface area contributed by atoms with Crippen LogP contribution in [-0.2, 0) is 16.1 Å². The zero-order chi connectivity index (χ0) is 16.4. The Morgan fingerprint density at radius 2 is 1.67 bits per heavy atom. The number of nitrogens with zero attached hydrogens (tertiary/aromatic N) is 1. The van der Waals surface area contributed by atoms with E-state index in [1.165, 1.54) is 11.1 Å². The summed E-state index contributed by atoms with van der Waals surface area (Å²) >= 11 is 5.84. The van der Waals surface area contributed by atoms with Crippen molar-refractivity contribution >= 4 is 23.5 Å². The number of carbonyl (C=O) groups is 2. The second-order valence-electron chi connectivity index (χ2n) is 4.50. The highest BCUT2D eigenvalue weighted by atomic mass is 35.5. The molecule has 0 bridgehead atoms. The van der Waals surface area contributed by atoms with Crippen LogP contribution in [0.1, 0.15) is 19.4 Å². The second kappa shape index (κ2) is 9.96. The first kappa shape index (κ1) is 19.1. The zero-order valence-corrected chi connectivity index (χ0v) is 12.9. The molecule has 0 unspecified atom stereocenters. The van der Waals surface area contributed by atoms with Crippen LogP contribution in [0.4, 0.5) is 0 Å². The van der Waals surface area contributed by atoms with Crippen molar-refractivity contribution in [3.8, 4) is 0 Å². The van der Waals surface area contributed by atoms with Gasteiger partial charge in [-0.2, -0.15) is 0 Å². The number of benzene rings is 1. The Balaban J connectivity index is 0.000000567. The van der Waals surface area contributed by atoms with Crippen LogP contribution in [-0.4, -0.2) is 40.1 Å². The molecule has 1 aromatic carbocycles. The average molecular weight is 314 g/mol. The molecular formula is C15H20ClNO4. The van der Waals surface area contributed by atoms with Gasteiger partial charge in [-0.25, -0.2) is 9.59 Å². The van der Waals surface area contributed by atoms with E-state index in [1.807, 2.05) is 12.1 Å². The van der Waals surface area contributed by atoms with E-state index in [2.05, 4.69) is 37.5 Å². The summed E-state index contributed by atoms with van der Waals surface area (Å²) in [5.41, 5.74) is 2.49. The Kier molecular flexibility index (Phi) is 9.08. The third-order valence-corrected chi connectivity index (χ3v) is 2.70. The van der Waals surface area contributed by atoms with E-state index in [-0.39, 0.29) is 0 Å². The van der Waals surface area contributed by atoms with Gasteiger partial charge in [0.05, 0.1) is 0 Å². The summed E-state index contributed by atoms with van der Waals surface area (Å²) in [6, 6.07) is 8.02. The van der Waals surface area contributed by atoms with Crippen molar-refractivity contribution in [2.45, 2.75) is 20.4 Å². The minimum atomic E-state index is -1.82. The van der Waals surface area contributed by atoms with Gasteiger partial charge in [-0.05, 0) is 31.2 Å². The van der Waals surface area contributed by atoms with Crippen molar-refractivity contribution in [3.05, 3.63) is 47.0 Å². The fourth-order valence-electron chi connectivity index (χ4n) is 1.51. The van der Waals surface area contributed by atoms with Crippen molar-refractivity contribution in [1.29, 1.82) is 0 Å². The highest BCUT2D eigenvalue weighted by molar-refractivity contribution is 6.30. The lowest BCUT2D eigenvalue weighted by Gasteiger charge is -2.20. The maximum atomic E-state index is 9.10. The van der Waals surface area contributed by atoms with Crippen molar-refractivity contribution in [3.63, 3.8) is 0 Å². The minimum Gasteiger partial charge on any atom is -0.473 e. The third kappa shape index (κ3) is 9.65. The van der Waals surface area contributed by atoms with E-state index in [0.29, 0.717) is 0 Å². The Labute approximate surface area is 129 Å². The minimum absolute atomic E-state index is 0.793. The number of rotatable bonds is 5. The molecule has 0 amide bonds. The van der Waals surface area contributed by atoms with Crippen LogP contribution in [0.25, 0.3) is 0 Å². The summed E-state index contributed by atoms with van der Waals surface area (Å²) < 4.78 is 0. The van der Waals surface area contributed by atoms with Gasteiger partial charge in [0.1, 0.15) is 0 Å². The predicted octanol–water partition coefficient (Wildman–Crippen LogP) is 2.89. The summed E-state index contributed by atoms with van der Waals surface area (Å²) in [5.74, 6) is -3.65. The van der Waals surface area contributed by atoms with Gasteiger partial charge in [0.2, 0.25) is 0 Å². The molecular weight excluding hydrogens is 294 g/mol. The third-order valence-electron chi connectivity index (χ3n) is 2.44. The lowest BCUT2D eigenvalue weighted by Crippen LogP contribution is -2.24. The molecule has 0 heterocycles. The lowest BCUT2D eigenvalue weighted by molar-refractivity contribution is -0.159. The summed E-state index contributed by atoms with van der Waals surface area (Å²) in [4.78, 5) is 20.6. The van der Waals surface area contributed by atoms with E-state index in [0.717, 1.165) is 24.7 Å². The molecule has 0 spiro atoms. The van der Waals surface area contributed by atoms with Crippen LogP contribution in [0.5, 0.6) is 0 Å². The number of halogens is 1. The summed E-state index contributed by atoms with van der Waals surface area (Å²) in [6.07, 6.45) is 0. The first-order valence-electron chi connectivity index (χ1n) is 6.33. The Morgan fingerprint density at radius 3 is 2.00 bits per heavy atom. The van der Waals surface area contributed by atoms with Gasteiger partial charge in [-0.15, -0.1) is 0 Å². The molecule has 21 heavy (non-hydrogen) atoms. The monoisotopic (exact) mass is 313 g/mol. The molecule has 5 nitrogen and oxygen atoms in total. The topological polar surface area (TPSA) is 77.8 Å². The SMILES string of the molecule is C=C(C)CN(CC)Cc1ccc(Cl)cc1.O=C(O)C(=O)O. The molecule has 0 saturated carbocycles. The van der Waals surface area contributed by atoms with Gasteiger partial charge in [-0.1, -0.05) is 42.8 Å². The van der Waals surface area contributed by atoms with E-state index in [4.69, 9.17) is 31.4 Å². The molecule has 0 atom stereocenters. The normalized spacial score (nSPS) is 9.71.